The molecule has 21 heavy (non-hydrogen) atoms. The highest BCUT2D eigenvalue weighted by molar-refractivity contribution is 6.18. The number of ether oxygens (including phenoxy) is 1. The molecule has 2 rings (SSSR count). The van der Waals surface area contributed by atoms with Crippen LogP contribution < -0.4 is 4.74 Å². The van der Waals surface area contributed by atoms with Crippen LogP contribution in [0, 0.1) is 5.92 Å². The summed E-state index contributed by atoms with van der Waals surface area (Å²) in [6, 6.07) is 17.1. The molecule has 0 radical (unpaired) electrons. The number of hydrogen-bond donors (Lipinski definition) is 0. The molecule has 0 bridgehead atoms. The lowest BCUT2D eigenvalue weighted by Gasteiger charge is -2.16. The molecule has 0 N–H and O–H groups in total. The van der Waals surface area contributed by atoms with E-state index < -0.39 is 0 Å². The van der Waals surface area contributed by atoms with Gasteiger partial charge in [0.05, 0.1) is 7.11 Å². The minimum atomic E-state index is 0.426. The zero-order valence-electron chi connectivity index (χ0n) is 12.8. The number of aryl methyl sites for hydroxylation is 1. The van der Waals surface area contributed by atoms with Crippen molar-refractivity contribution in [1.29, 1.82) is 0 Å². The van der Waals surface area contributed by atoms with Crippen molar-refractivity contribution in [2.45, 2.75) is 26.2 Å². The van der Waals surface area contributed by atoms with E-state index in [-0.39, 0.29) is 0 Å². The van der Waals surface area contributed by atoms with Gasteiger partial charge < -0.3 is 4.74 Å². The molecule has 0 aliphatic heterocycles. The Morgan fingerprint density at radius 3 is 2.24 bits per heavy atom. The van der Waals surface area contributed by atoms with Crippen molar-refractivity contribution in [2.24, 2.45) is 5.92 Å². The van der Waals surface area contributed by atoms with Crippen LogP contribution in [0.2, 0.25) is 0 Å². The molecule has 1 atom stereocenters. The van der Waals surface area contributed by atoms with E-state index in [0.29, 0.717) is 11.8 Å². The Morgan fingerprint density at radius 2 is 1.62 bits per heavy atom. The molecule has 0 heterocycles. The molecule has 0 saturated heterocycles. The van der Waals surface area contributed by atoms with Gasteiger partial charge in [0.25, 0.3) is 0 Å². The van der Waals surface area contributed by atoms with Gasteiger partial charge in [0.2, 0.25) is 0 Å². The fourth-order valence-corrected chi connectivity index (χ4v) is 2.83. The zero-order valence-corrected chi connectivity index (χ0v) is 13.6. The summed E-state index contributed by atoms with van der Waals surface area (Å²) >= 11 is 6.18. The monoisotopic (exact) mass is 302 g/mol. The average molecular weight is 303 g/mol. The van der Waals surface area contributed by atoms with E-state index in [1.165, 1.54) is 16.7 Å². The number of halogens is 1. The first kappa shape index (κ1) is 15.9. The molecule has 0 aliphatic rings. The zero-order chi connectivity index (χ0) is 15.1. The topological polar surface area (TPSA) is 9.23 Å². The Hall–Kier alpha value is -1.47. The van der Waals surface area contributed by atoms with Crippen molar-refractivity contribution in [1.82, 2.24) is 0 Å². The number of methoxy groups -OCH3 is 1. The largest absolute Gasteiger partial charge is 0.496 e. The maximum Gasteiger partial charge on any atom is 0.122 e. The minimum Gasteiger partial charge on any atom is -0.496 e. The maximum absolute atomic E-state index is 6.18. The molecule has 0 spiro atoms. The molecule has 0 aliphatic carbocycles. The van der Waals surface area contributed by atoms with Crippen molar-refractivity contribution in [3.8, 4) is 5.75 Å². The van der Waals surface area contributed by atoms with Gasteiger partial charge in [-0.2, -0.15) is 0 Å². The lowest BCUT2D eigenvalue weighted by atomic mass is 9.93. The van der Waals surface area contributed by atoms with Gasteiger partial charge in [-0.1, -0.05) is 49.4 Å². The first-order valence-electron chi connectivity index (χ1n) is 7.52. The first-order chi connectivity index (χ1) is 10.3. The van der Waals surface area contributed by atoms with Crippen LogP contribution >= 0.6 is 11.6 Å². The lowest BCUT2D eigenvalue weighted by Crippen LogP contribution is -2.11. The van der Waals surface area contributed by atoms with Crippen molar-refractivity contribution >= 4 is 11.6 Å². The highest BCUT2D eigenvalue weighted by atomic mass is 35.5. The van der Waals surface area contributed by atoms with Crippen LogP contribution in [0.1, 0.15) is 23.6 Å². The predicted octanol–water partition coefficient (Wildman–Crippen LogP) is 4.90. The van der Waals surface area contributed by atoms with E-state index in [2.05, 4.69) is 43.3 Å². The fourth-order valence-electron chi connectivity index (χ4n) is 2.61. The van der Waals surface area contributed by atoms with Crippen molar-refractivity contribution in [2.75, 3.05) is 13.0 Å². The number of hydrogen-bond acceptors (Lipinski definition) is 1. The van der Waals surface area contributed by atoms with Gasteiger partial charge in [0.15, 0.2) is 0 Å². The standard InChI is InChI=1S/C19H23ClO/c1-3-15-8-10-16(11-9-15)12-17(14-20)13-18-6-4-5-7-19(18)21-2/h4-11,17H,3,12-14H2,1-2H3. The van der Waals surface area contributed by atoms with Crippen molar-refractivity contribution < 1.29 is 4.74 Å². The van der Waals surface area contributed by atoms with Crippen LogP contribution in [0.3, 0.4) is 0 Å². The molecule has 0 saturated carbocycles. The Kier molecular flexibility index (Phi) is 6.13. The van der Waals surface area contributed by atoms with Crippen molar-refractivity contribution in [3.63, 3.8) is 0 Å². The van der Waals surface area contributed by atoms with Gasteiger partial charge in [0.1, 0.15) is 5.75 Å². The summed E-state index contributed by atoms with van der Waals surface area (Å²) in [6.45, 7) is 2.18. The molecule has 0 amide bonds. The van der Waals surface area contributed by atoms with Gasteiger partial charge in [-0.15, -0.1) is 11.6 Å². The summed E-state index contributed by atoms with van der Waals surface area (Å²) in [4.78, 5) is 0. The van der Waals surface area contributed by atoms with Crippen LogP contribution in [0.5, 0.6) is 5.75 Å². The summed E-state index contributed by atoms with van der Waals surface area (Å²) < 4.78 is 5.43. The molecule has 0 fully saturated rings. The third-order valence-corrected chi connectivity index (χ3v) is 4.31. The van der Waals surface area contributed by atoms with Crippen LogP contribution in [-0.4, -0.2) is 13.0 Å². The maximum atomic E-state index is 6.18. The Labute approximate surface area is 132 Å². The average Bonchev–Trinajstić information content (AvgIpc) is 2.55. The van der Waals surface area contributed by atoms with Gasteiger partial charge in [-0.25, -0.2) is 0 Å². The second-order valence-electron chi connectivity index (χ2n) is 5.41. The Morgan fingerprint density at radius 1 is 0.952 bits per heavy atom. The van der Waals surface area contributed by atoms with Crippen LogP contribution in [0.25, 0.3) is 0 Å². The summed E-state index contributed by atoms with van der Waals surface area (Å²) in [7, 11) is 1.72. The van der Waals surface area contributed by atoms with E-state index in [9.17, 15) is 0 Å². The summed E-state index contributed by atoms with van der Waals surface area (Å²) in [6.07, 6.45) is 3.04. The van der Waals surface area contributed by atoms with Crippen molar-refractivity contribution in [3.05, 3.63) is 65.2 Å². The van der Waals surface area contributed by atoms with E-state index in [0.717, 1.165) is 25.0 Å². The smallest absolute Gasteiger partial charge is 0.122 e. The van der Waals surface area contributed by atoms with Gasteiger partial charge in [-0.05, 0) is 47.9 Å². The molecular formula is C19H23ClO. The van der Waals surface area contributed by atoms with Crippen LogP contribution in [-0.2, 0) is 19.3 Å². The van der Waals surface area contributed by atoms with E-state index in [4.69, 9.17) is 16.3 Å². The second-order valence-corrected chi connectivity index (χ2v) is 5.72. The molecule has 1 nitrogen and oxygen atoms in total. The quantitative estimate of drug-likeness (QED) is 0.661. The lowest BCUT2D eigenvalue weighted by molar-refractivity contribution is 0.405. The summed E-state index contributed by atoms with van der Waals surface area (Å²) in [5, 5.41) is 0. The highest BCUT2D eigenvalue weighted by Gasteiger charge is 2.12. The second kappa shape index (κ2) is 8.09. The Bertz CT molecular complexity index is 548. The molecule has 112 valence electrons. The predicted molar refractivity (Wildman–Crippen MR) is 90.4 cm³/mol. The van der Waals surface area contributed by atoms with E-state index in [1.807, 2.05) is 12.1 Å². The minimum absolute atomic E-state index is 0.426. The van der Waals surface area contributed by atoms with Crippen LogP contribution in [0.4, 0.5) is 0 Å². The number of rotatable bonds is 7. The molecule has 2 aromatic rings. The molecule has 2 aromatic carbocycles. The van der Waals surface area contributed by atoms with Gasteiger partial charge in [-0.3, -0.25) is 0 Å². The number of alkyl halides is 1. The first-order valence-corrected chi connectivity index (χ1v) is 8.06. The Balaban J connectivity index is 2.05. The SMILES string of the molecule is CCc1ccc(CC(CCl)Cc2ccccc2OC)cc1. The number of benzene rings is 2. The molecule has 1 unspecified atom stereocenters. The van der Waals surface area contributed by atoms with E-state index >= 15 is 0 Å². The third kappa shape index (κ3) is 4.50. The molecule has 0 aromatic heterocycles. The van der Waals surface area contributed by atoms with Crippen LogP contribution in [0.15, 0.2) is 48.5 Å². The summed E-state index contributed by atoms with van der Waals surface area (Å²) in [5.41, 5.74) is 3.97. The van der Waals surface area contributed by atoms with Gasteiger partial charge in [0, 0.05) is 5.88 Å². The van der Waals surface area contributed by atoms with E-state index in [1.54, 1.807) is 7.11 Å². The normalized spacial score (nSPS) is 12.1. The third-order valence-electron chi connectivity index (χ3n) is 3.87. The molecule has 2 heteroatoms. The highest BCUT2D eigenvalue weighted by Crippen LogP contribution is 2.23. The molecular weight excluding hydrogens is 280 g/mol. The summed E-state index contributed by atoms with van der Waals surface area (Å²) in [5.74, 6) is 2.04. The fraction of sp³-hybridized carbons (Fsp3) is 0.368. The number of para-hydroxylation sites is 1. The van der Waals surface area contributed by atoms with Gasteiger partial charge >= 0.3 is 0 Å².